The number of anilines is 2. The normalized spacial score (nSPS) is 19.0. The average molecular weight is 390 g/mol. The van der Waals surface area contributed by atoms with Gasteiger partial charge in [-0.2, -0.15) is 0 Å². The topological polar surface area (TPSA) is 115 Å². The number of carbonyl (C=O) groups is 1. The summed E-state index contributed by atoms with van der Waals surface area (Å²) in [5.41, 5.74) is 11.4. The van der Waals surface area contributed by atoms with Crippen molar-refractivity contribution in [2.24, 2.45) is 5.73 Å². The molecule has 0 amide bonds. The summed E-state index contributed by atoms with van der Waals surface area (Å²) in [5.74, 6) is -3.46. The lowest BCUT2D eigenvalue weighted by atomic mass is 10.1. The second-order valence-electron chi connectivity index (χ2n) is 7.21. The molecule has 0 radical (unpaired) electrons. The molecule has 1 aliphatic carbocycles. The van der Waals surface area contributed by atoms with E-state index in [0.29, 0.717) is 13.1 Å². The highest BCUT2D eigenvalue weighted by Crippen LogP contribution is 2.40. The Labute approximate surface area is 158 Å². The monoisotopic (exact) mass is 390 g/mol. The van der Waals surface area contributed by atoms with E-state index in [0.717, 1.165) is 30.2 Å². The molecule has 0 saturated carbocycles. The van der Waals surface area contributed by atoms with Crippen molar-refractivity contribution >= 4 is 28.2 Å². The van der Waals surface area contributed by atoms with Crippen molar-refractivity contribution in [3.63, 3.8) is 0 Å². The number of pyridine rings is 1. The predicted octanol–water partition coefficient (Wildman–Crippen LogP) is 1.82. The second-order valence-corrected chi connectivity index (χ2v) is 7.21. The van der Waals surface area contributed by atoms with Crippen LogP contribution in [0.2, 0.25) is 0 Å². The Hall–Kier alpha value is -2.94. The number of rotatable bonds is 3. The van der Waals surface area contributed by atoms with E-state index in [-0.39, 0.29) is 23.8 Å². The molecule has 1 aromatic carbocycles. The number of carboxylic acid groups (broad SMARTS) is 1. The summed E-state index contributed by atoms with van der Waals surface area (Å²) in [6.45, 7) is 2.50. The van der Waals surface area contributed by atoms with Gasteiger partial charge in [0.25, 0.3) is 0 Å². The maximum Gasteiger partial charge on any atom is 0.341 e. The molecule has 0 spiro atoms. The van der Waals surface area contributed by atoms with Crippen LogP contribution >= 0.6 is 0 Å². The van der Waals surface area contributed by atoms with Gasteiger partial charge in [-0.15, -0.1) is 0 Å². The summed E-state index contributed by atoms with van der Waals surface area (Å²) < 4.78 is 31.9. The third-order valence-electron chi connectivity index (χ3n) is 5.70. The first-order chi connectivity index (χ1) is 13.3. The number of aromatic nitrogens is 1. The van der Waals surface area contributed by atoms with Crippen LogP contribution in [0.4, 0.5) is 20.2 Å². The highest BCUT2D eigenvalue weighted by Gasteiger charge is 2.35. The predicted molar refractivity (Wildman–Crippen MR) is 102 cm³/mol. The van der Waals surface area contributed by atoms with Gasteiger partial charge >= 0.3 is 5.97 Å². The van der Waals surface area contributed by atoms with Crippen LogP contribution in [0, 0.1) is 11.6 Å². The number of halogens is 2. The molecule has 0 fully saturated rings. The third-order valence-corrected chi connectivity index (χ3v) is 5.70. The summed E-state index contributed by atoms with van der Waals surface area (Å²) in [6.07, 6.45) is 2.69. The Morgan fingerprint density at radius 1 is 1.32 bits per heavy atom. The third kappa shape index (κ3) is 2.42. The minimum absolute atomic E-state index is 0.115. The van der Waals surface area contributed by atoms with Crippen molar-refractivity contribution in [3.05, 3.63) is 44.8 Å². The fourth-order valence-electron chi connectivity index (χ4n) is 4.26. The molecule has 4 rings (SSSR count). The summed E-state index contributed by atoms with van der Waals surface area (Å²) in [4.78, 5) is 25.5. The van der Waals surface area contributed by atoms with Crippen LogP contribution in [-0.4, -0.2) is 34.8 Å². The van der Waals surface area contributed by atoms with Gasteiger partial charge in [-0.05, 0) is 30.9 Å². The van der Waals surface area contributed by atoms with Gasteiger partial charge in [-0.25, -0.2) is 13.6 Å². The highest BCUT2D eigenvalue weighted by molar-refractivity contribution is 5.99. The van der Waals surface area contributed by atoms with Crippen molar-refractivity contribution in [1.82, 2.24) is 4.57 Å². The largest absolute Gasteiger partial charge is 0.477 e. The molecular formula is C19H20F2N4O3. The van der Waals surface area contributed by atoms with E-state index < -0.39 is 39.7 Å². The van der Waals surface area contributed by atoms with Crippen molar-refractivity contribution in [2.45, 2.75) is 32.4 Å². The molecule has 0 saturated heterocycles. The van der Waals surface area contributed by atoms with E-state index in [1.165, 1.54) is 4.57 Å². The van der Waals surface area contributed by atoms with E-state index in [1.54, 1.807) is 11.8 Å². The van der Waals surface area contributed by atoms with Crippen molar-refractivity contribution in [3.8, 4) is 0 Å². The zero-order chi connectivity index (χ0) is 20.3. The van der Waals surface area contributed by atoms with Gasteiger partial charge in [0.15, 0.2) is 11.6 Å². The number of fused-ring (bicyclic) bond motifs is 1. The lowest BCUT2D eigenvalue weighted by molar-refractivity contribution is 0.0695. The van der Waals surface area contributed by atoms with Crippen LogP contribution in [0.3, 0.4) is 0 Å². The van der Waals surface area contributed by atoms with Gasteiger partial charge in [0.1, 0.15) is 11.3 Å². The van der Waals surface area contributed by atoms with Crippen molar-refractivity contribution in [2.75, 3.05) is 23.7 Å². The second kappa shape index (κ2) is 6.30. The number of carboxylic acids is 1. The fraction of sp³-hybridized carbons (Fsp3) is 0.368. The molecule has 1 aliphatic heterocycles. The van der Waals surface area contributed by atoms with Crippen molar-refractivity contribution in [1.29, 1.82) is 0 Å². The van der Waals surface area contributed by atoms with Crippen LogP contribution in [0.15, 0.2) is 22.1 Å². The minimum Gasteiger partial charge on any atom is -0.477 e. The average Bonchev–Trinajstić information content (AvgIpc) is 3.21. The molecule has 1 atom stereocenters. The zero-order valence-corrected chi connectivity index (χ0v) is 15.3. The lowest BCUT2D eigenvalue weighted by Crippen LogP contribution is -2.30. The van der Waals surface area contributed by atoms with Gasteiger partial charge in [0.05, 0.1) is 16.6 Å². The number of aromatic carboxylic acids is 1. The SMILES string of the molecule is CCn1cc(C(=O)O)c(=O)c2c(N)c(F)c(N3CC4=C(C3)C(N)CC4)c(F)c21. The Kier molecular flexibility index (Phi) is 4.15. The fourth-order valence-corrected chi connectivity index (χ4v) is 4.26. The molecule has 1 unspecified atom stereocenters. The van der Waals surface area contributed by atoms with Crippen molar-refractivity contribution < 1.29 is 18.7 Å². The first-order valence-electron chi connectivity index (χ1n) is 9.04. The van der Waals surface area contributed by atoms with Gasteiger partial charge < -0.3 is 26.0 Å². The number of nitrogen functional groups attached to an aromatic ring is 1. The lowest BCUT2D eigenvalue weighted by Gasteiger charge is -2.25. The standard InChI is InChI=1S/C19H20F2N4O3/c1-2-24-7-10(19(27)28)18(26)12-15(23)13(20)17(14(21)16(12)24)25-5-8-3-4-11(22)9(8)6-25/h7,11H,2-6,22-23H2,1H3,(H,27,28). The van der Waals surface area contributed by atoms with E-state index in [2.05, 4.69) is 0 Å². The van der Waals surface area contributed by atoms with E-state index >= 15 is 8.78 Å². The van der Waals surface area contributed by atoms with Gasteiger partial charge in [-0.1, -0.05) is 0 Å². The van der Waals surface area contributed by atoms with Crippen LogP contribution in [-0.2, 0) is 6.54 Å². The molecule has 2 aromatic rings. The maximum absolute atomic E-state index is 15.5. The summed E-state index contributed by atoms with van der Waals surface area (Å²) >= 11 is 0. The number of hydrogen-bond acceptors (Lipinski definition) is 5. The highest BCUT2D eigenvalue weighted by atomic mass is 19.1. The number of nitrogens with two attached hydrogens (primary N) is 2. The molecule has 1 aromatic heterocycles. The number of benzene rings is 1. The Morgan fingerprint density at radius 3 is 2.64 bits per heavy atom. The molecule has 2 aliphatic rings. The Bertz CT molecular complexity index is 1120. The molecular weight excluding hydrogens is 370 g/mol. The Balaban J connectivity index is 1.97. The summed E-state index contributed by atoms with van der Waals surface area (Å²) in [5, 5.41) is 8.80. The quantitative estimate of drug-likeness (QED) is 0.544. The molecule has 5 N–H and O–H groups in total. The van der Waals surface area contributed by atoms with E-state index in [9.17, 15) is 14.7 Å². The number of nitrogens with zero attached hydrogens (tertiary/aromatic N) is 2. The summed E-state index contributed by atoms with van der Waals surface area (Å²) in [7, 11) is 0. The number of aryl methyl sites for hydroxylation is 1. The zero-order valence-electron chi connectivity index (χ0n) is 15.3. The van der Waals surface area contributed by atoms with Gasteiger partial charge in [0, 0.05) is 31.9 Å². The van der Waals surface area contributed by atoms with Gasteiger partial charge in [0.2, 0.25) is 5.43 Å². The number of hydrogen-bond donors (Lipinski definition) is 3. The van der Waals surface area contributed by atoms with Crippen LogP contribution in [0.25, 0.3) is 10.9 Å². The molecule has 148 valence electrons. The molecule has 7 nitrogen and oxygen atoms in total. The Morgan fingerprint density at radius 2 is 2.04 bits per heavy atom. The molecule has 0 bridgehead atoms. The van der Waals surface area contributed by atoms with E-state index in [4.69, 9.17) is 11.5 Å². The molecule has 2 heterocycles. The van der Waals surface area contributed by atoms with Crippen LogP contribution in [0.5, 0.6) is 0 Å². The maximum atomic E-state index is 15.5. The van der Waals surface area contributed by atoms with Crippen LogP contribution < -0.4 is 21.8 Å². The van der Waals surface area contributed by atoms with Gasteiger partial charge in [-0.3, -0.25) is 4.79 Å². The smallest absolute Gasteiger partial charge is 0.341 e. The van der Waals surface area contributed by atoms with Crippen LogP contribution in [0.1, 0.15) is 30.1 Å². The molecule has 9 heteroatoms. The molecule has 28 heavy (non-hydrogen) atoms. The first kappa shape index (κ1) is 18.4. The minimum atomic E-state index is -1.48. The van der Waals surface area contributed by atoms with E-state index in [1.807, 2.05) is 0 Å². The summed E-state index contributed by atoms with van der Waals surface area (Å²) in [6, 6.07) is -0.115. The first-order valence-corrected chi connectivity index (χ1v) is 9.04.